The number of aromatic nitrogens is 3. The van der Waals surface area contributed by atoms with Crippen LogP contribution in [0.1, 0.15) is 31.4 Å². The molecule has 2 aromatic rings. The number of hydrogen-bond donors (Lipinski definition) is 2. The number of aliphatic carboxylic acids is 1. The fourth-order valence-corrected chi connectivity index (χ4v) is 3.25. The molecule has 0 aliphatic heterocycles. The van der Waals surface area contributed by atoms with E-state index in [0.29, 0.717) is 5.82 Å². The molecule has 0 radical (unpaired) electrons. The quantitative estimate of drug-likeness (QED) is 0.891. The lowest BCUT2D eigenvalue weighted by Gasteiger charge is -2.42. The maximum Gasteiger partial charge on any atom is 0.305 e. The largest absolute Gasteiger partial charge is 0.481 e. The molecule has 2 heterocycles. The van der Waals surface area contributed by atoms with E-state index in [1.807, 2.05) is 6.92 Å². The zero-order valence-electron chi connectivity index (χ0n) is 10.5. The van der Waals surface area contributed by atoms with E-state index in [2.05, 4.69) is 19.7 Å². The minimum atomic E-state index is -0.780. The highest BCUT2D eigenvalue weighted by Gasteiger charge is 2.39. The van der Waals surface area contributed by atoms with Crippen LogP contribution in [0.3, 0.4) is 0 Å². The van der Waals surface area contributed by atoms with Gasteiger partial charge in [-0.3, -0.25) is 4.79 Å². The molecular formula is C12H14N4O2S. The summed E-state index contributed by atoms with van der Waals surface area (Å²) in [6.07, 6.45) is 4.39. The smallest absolute Gasteiger partial charge is 0.305 e. The van der Waals surface area contributed by atoms with E-state index >= 15 is 0 Å². The average molecular weight is 278 g/mol. The van der Waals surface area contributed by atoms with Gasteiger partial charge in [0, 0.05) is 5.54 Å². The number of hydrogen-bond acceptors (Lipinski definition) is 6. The summed E-state index contributed by atoms with van der Waals surface area (Å²) in [6, 6.07) is 0. The third kappa shape index (κ3) is 2.14. The molecule has 100 valence electrons. The van der Waals surface area contributed by atoms with E-state index in [9.17, 15) is 4.79 Å². The number of nitrogens with zero attached hydrogens (tertiary/aromatic N) is 3. The average Bonchev–Trinajstić information content (AvgIpc) is 2.69. The summed E-state index contributed by atoms with van der Waals surface area (Å²) in [5.74, 6) is -0.0742. The Bertz CT molecular complexity index is 636. The minimum Gasteiger partial charge on any atom is -0.481 e. The first kappa shape index (κ1) is 12.3. The topological polar surface area (TPSA) is 88.0 Å². The van der Waals surface area contributed by atoms with Crippen molar-refractivity contribution in [1.29, 1.82) is 0 Å². The normalized spacial score (nSPS) is 17.1. The standard InChI is InChI=1S/C12H14N4O2S/c1-7-9-10(13-6-14-11(9)19-16-7)15-12(3-2-4-12)5-8(17)18/h6H,2-5H2,1H3,(H,17,18)(H,13,14,15). The second-order valence-corrected chi connectivity index (χ2v) is 5.75. The molecule has 7 heteroatoms. The number of nitrogens with one attached hydrogen (secondary N) is 1. The molecule has 19 heavy (non-hydrogen) atoms. The molecule has 2 N–H and O–H groups in total. The van der Waals surface area contributed by atoms with E-state index < -0.39 is 5.97 Å². The molecule has 0 spiro atoms. The molecule has 0 amide bonds. The van der Waals surface area contributed by atoms with Crippen LogP contribution in [0, 0.1) is 6.92 Å². The second kappa shape index (κ2) is 4.41. The Hall–Kier alpha value is -1.76. The lowest BCUT2D eigenvalue weighted by Crippen LogP contribution is -2.47. The molecule has 1 aliphatic carbocycles. The van der Waals surface area contributed by atoms with Gasteiger partial charge in [-0.1, -0.05) is 0 Å². The fraction of sp³-hybridized carbons (Fsp3) is 0.500. The van der Waals surface area contributed by atoms with Gasteiger partial charge in [-0.15, -0.1) is 0 Å². The van der Waals surface area contributed by atoms with E-state index in [1.54, 1.807) is 0 Å². The number of fused-ring (bicyclic) bond motifs is 1. The maximum atomic E-state index is 11.0. The van der Waals surface area contributed by atoms with Gasteiger partial charge in [0.1, 0.15) is 17.0 Å². The molecule has 0 aromatic carbocycles. The number of carboxylic acid groups (broad SMARTS) is 1. The van der Waals surface area contributed by atoms with Crippen LogP contribution in [0.15, 0.2) is 6.33 Å². The molecule has 0 atom stereocenters. The Morgan fingerprint density at radius 2 is 2.32 bits per heavy atom. The first-order chi connectivity index (χ1) is 9.10. The van der Waals surface area contributed by atoms with Gasteiger partial charge in [0.2, 0.25) is 0 Å². The van der Waals surface area contributed by atoms with Crippen molar-refractivity contribution in [3.05, 3.63) is 12.0 Å². The molecule has 6 nitrogen and oxygen atoms in total. The summed E-state index contributed by atoms with van der Waals surface area (Å²) in [6.45, 7) is 1.91. The second-order valence-electron chi connectivity index (χ2n) is 5.00. The molecular weight excluding hydrogens is 264 g/mol. The molecule has 0 bridgehead atoms. The van der Waals surface area contributed by atoms with Crippen LogP contribution in [0.5, 0.6) is 0 Å². The van der Waals surface area contributed by atoms with E-state index in [4.69, 9.17) is 5.11 Å². The van der Waals surface area contributed by atoms with Crippen molar-refractivity contribution < 1.29 is 9.90 Å². The van der Waals surface area contributed by atoms with Crippen LogP contribution in [-0.4, -0.2) is 31.0 Å². The monoisotopic (exact) mass is 278 g/mol. The fourth-order valence-electron chi connectivity index (χ4n) is 2.51. The van der Waals surface area contributed by atoms with Gasteiger partial charge in [-0.2, -0.15) is 4.37 Å². The first-order valence-corrected chi connectivity index (χ1v) is 6.94. The third-order valence-corrected chi connectivity index (χ3v) is 4.47. The van der Waals surface area contributed by atoms with Crippen molar-refractivity contribution >= 4 is 33.5 Å². The lowest BCUT2D eigenvalue weighted by atomic mass is 9.74. The molecule has 3 rings (SSSR count). The number of aryl methyl sites for hydroxylation is 1. The van der Waals surface area contributed by atoms with Gasteiger partial charge in [-0.25, -0.2) is 9.97 Å². The van der Waals surface area contributed by atoms with Crippen molar-refractivity contribution in [2.24, 2.45) is 0 Å². The molecule has 0 saturated heterocycles. The summed E-state index contributed by atoms with van der Waals surface area (Å²) in [5, 5.41) is 13.3. The maximum absolute atomic E-state index is 11.0. The van der Waals surface area contributed by atoms with Crippen LogP contribution in [0.2, 0.25) is 0 Å². The zero-order chi connectivity index (χ0) is 13.5. The zero-order valence-corrected chi connectivity index (χ0v) is 11.3. The highest BCUT2D eigenvalue weighted by Crippen LogP contribution is 2.39. The summed E-state index contributed by atoms with van der Waals surface area (Å²) in [5.41, 5.74) is 0.523. The number of anilines is 1. The van der Waals surface area contributed by atoms with Crippen LogP contribution < -0.4 is 5.32 Å². The van der Waals surface area contributed by atoms with E-state index in [-0.39, 0.29) is 12.0 Å². The summed E-state index contributed by atoms with van der Waals surface area (Å²) in [7, 11) is 0. The van der Waals surface area contributed by atoms with Crippen LogP contribution >= 0.6 is 11.5 Å². The Labute approximate surface area is 114 Å². The molecule has 0 unspecified atom stereocenters. The van der Waals surface area contributed by atoms with E-state index in [0.717, 1.165) is 35.2 Å². The highest BCUT2D eigenvalue weighted by atomic mass is 32.1. The molecule has 1 aliphatic rings. The first-order valence-electron chi connectivity index (χ1n) is 6.17. The van der Waals surface area contributed by atoms with E-state index in [1.165, 1.54) is 17.9 Å². The SMILES string of the molecule is Cc1nsc2ncnc(NC3(CC(=O)O)CCC3)c12. The summed E-state index contributed by atoms with van der Waals surface area (Å²) in [4.78, 5) is 20.3. The summed E-state index contributed by atoms with van der Waals surface area (Å²) < 4.78 is 4.27. The highest BCUT2D eigenvalue weighted by molar-refractivity contribution is 7.13. The van der Waals surface area contributed by atoms with Crippen molar-refractivity contribution in [2.45, 2.75) is 38.1 Å². The van der Waals surface area contributed by atoms with Crippen LogP contribution in [0.25, 0.3) is 10.2 Å². The van der Waals surface area contributed by atoms with Crippen molar-refractivity contribution in [3.8, 4) is 0 Å². The predicted molar refractivity (Wildman–Crippen MR) is 72.4 cm³/mol. The van der Waals surface area contributed by atoms with Gasteiger partial charge in [0.05, 0.1) is 17.5 Å². The Morgan fingerprint density at radius 1 is 1.53 bits per heavy atom. The van der Waals surface area contributed by atoms with Crippen molar-refractivity contribution in [2.75, 3.05) is 5.32 Å². The molecule has 2 aromatic heterocycles. The van der Waals surface area contributed by atoms with Crippen LogP contribution in [-0.2, 0) is 4.79 Å². The van der Waals surface area contributed by atoms with Gasteiger partial charge in [0.15, 0.2) is 0 Å². The minimum absolute atomic E-state index is 0.120. The Kier molecular flexibility index (Phi) is 2.85. The Morgan fingerprint density at radius 3 is 2.95 bits per heavy atom. The number of carbonyl (C=O) groups is 1. The van der Waals surface area contributed by atoms with Gasteiger partial charge >= 0.3 is 5.97 Å². The number of rotatable bonds is 4. The van der Waals surface area contributed by atoms with Gasteiger partial charge < -0.3 is 10.4 Å². The third-order valence-electron chi connectivity index (χ3n) is 3.63. The van der Waals surface area contributed by atoms with Crippen LogP contribution in [0.4, 0.5) is 5.82 Å². The molecule has 1 fully saturated rings. The van der Waals surface area contributed by atoms with Gasteiger partial charge in [0.25, 0.3) is 0 Å². The van der Waals surface area contributed by atoms with Crippen molar-refractivity contribution in [1.82, 2.24) is 14.3 Å². The Balaban J connectivity index is 1.96. The number of carboxylic acids is 1. The lowest BCUT2D eigenvalue weighted by molar-refractivity contribution is -0.138. The summed E-state index contributed by atoms with van der Waals surface area (Å²) >= 11 is 1.34. The van der Waals surface area contributed by atoms with Crippen molar-refractivity contribution in [3.63, 3.8) is 0 Å². The van der Waals surface area contributed by atoms with Gasteiger partial charge in [-0.05, 0) is 37.7 Å². The molecule has 1 saturated carbocycles. The predicted octanol–water partition coefficient (Wildman–Crippen LogP) is 2.20.